The quantitative estimate of drug-likeness (QED) is 0.874. The number of anilines is 1. The number of hydrogen-bond donors (Lipinski definition) is 1. The van der Waals surface area contributed by atoms with Gasteiger partial charge in [0, 0.05) is 10.9 Å². The van der Waals surface area contributed by atoms with E-state index in [1.165, 1.54) is 29.7 Å². The second-order valence-electron chi connectivity index (χ2n) is 4.62. The third-order valence-corrected chi connectivity index (χ3v) is 4.13. The van der Waals surface area contributed by atoms with Crippen molar-refractivity contribution in [1.29, 1.82) is 0 Å². The van der Waals surface area contributed by atoms with E-state index in [9.17, 15) is 0 Å². The van der Waals surface area contributed by atoms with E-state index in [0.717, 1.165) is 11.7 Å². The molecule has 1 aliphatic heterocycles. The standard InChI is InChI=1S/C14H20N2S/c1-4-5-12-9-15-14(17-12)16-13-8-10(2)6-7-11(13)3/h6-8,12H,4-5,9H2,1-3H3,(H,15,16). The number of aryl methyl sites for hydroxylation is 2. The van der Waals surface area contributed by atoms with Gasteiger partial charge in [-0.1, -0.05) is 37.2 Å². The number of benzene rings is 1. The molecule has 1 aromatic carbocycles. The van der Waals surface area contributed by atoms with E-state index < -0.39 is 0 Å². The Morgan fingerprint density at radius 2 is 2.24 bits per heavy atom. The smallest absolute Gasteiger partial charge is 0.161 e. The van der Waals surface area contributed by atoms with Crippen molar-refractivity contribution in [2.45, 2.75) is 38.9 Å². The number of hydrogen-bond acceptors (Lipinski definition) is 3. The van der Waals surface area contributed by atoms with Crippen LogP contribution >= 0.6 is 11.8 Å². The Bertz CT molecular complexity index is 426. The highest BCUT2D eigenvalue weighted by Gasteiger charge is 2.18. The summed E-state index contributed by atoms with van der Waals surface area (Å²) in [5.41, 5.74) is 3.75. The predicted molar refractivity (Wildman–Crippen MR) is 78.1 cm³/mol. The fraction of sp³-hybridized carbons (Fsp3) is 0.500. The summed E-state index contributed by atoms with van der Waals surface area (Å²) in [7, 11) is 0. The van der Waals surface area contributed by atoms with E-state index >= 15 is 0 Å². The van der Waals surface area contributed by atoms with Gasteiger partial charge in [-0.25, -0.2) is 0 Å². The van der Waals surface area contributed by atoms with Crippen LogP contribution in [0.1, 0.15) is 30.9 Å². The minimum Gasteiger partial charge on any atom is -0.335 e. The second kappa shape index (κ2) is 5.58. The molecular weight excluding hydrogens is 228 g/mol. The maximum Gasteiger partial charge on any atom is 0.161 e. The molecule has 2 nitrogen and oxygen atoms in total. The number of nitrogens with zero attached hydrogens (tertiary/aromatic N) is 1. The van der Waals surface area contributed by atoms with E-state index in [1.807, 2.05) is 11.8 Å². The highest BCUT2D eigenvalue weighted by atomic mass is 32.2. The first-order valence-corrected chi connectivity index (χ1v) is 7.12. The summed E-state index contributed by atoms with van der Waals surface area (Å²) in [6.45, 7) is 7.45. The van der Waals surface area contributed by atoms with E-state index in [-0.39, 0.29) is 0 Å². The topological polar surface area (TPSA) is 24.4 Å². The molecule has 0 saturated carbocycles. The Hall–Kier alpha value is -0.960. The highest BCUT2D eigenvalue weighted by molar-refractivity contribution is 8.15. The predicted octanol–water partition coefficient (Wildman–Crippen LogP) is 3.99. The molecule has 2 rings (SSSR count). The molecule has 1 aliphatic rings. The summed E-state index contributed by atoms with van der Waals surface area (Å²) in [5, 5.41) is 5.21. The zero-order valence-electron chi connectivity index (χ0n) is 10.8. The molecule has 0 amide bonds. The highest BCUT2D eigenvalue weighted by Crippen LogP contribution is 2.27. The first kappa shape index (κ1) is 12.5. The minimum atomic E-state index is 0.674. The molecule has 3 heteroatoms. The molecule has 1 aromatic rings. The van der Waals surface area contributed by atoms with Crippen molar-refractivity contribution in [1.82, 2.24) is 0 Å². The van der Waals surface area contributed by atoms with Crippen LogP contribution < -0.4 is 5.32 Å². The van der Waals surface area contributed by atoms with Gasteiger partial charge in [-0.15, -0.1) is 0 Å². The lowest BCUT2D eigenvalue weighted by Gasteiger charge is -2.10. The van der Waals surface area contributed by atoms with E-state index in [4.69, 9.17) is 0 Å². The van der Waals surface area contributed by atoms with Gasteiger partial charge in [-0.3, -0.25) is 4.99 Å². The van der Waals surface area contributed by atoms with Crippen molar-refractivity contribution in [3.05, 3.63) is 29.3 Å². The van der Waals surface area contributed by atoms with E-state index in [1.54, 1.807) is 0 Å². The molecule has 17 heavy (non-hydrogen) atoms. The fourth-order valence-electron chi connectivity index (χ4n) is 1.94. The molecule has 0 saturated heterocycles. The molecule has 1 heterocycles. The van der Waals surface area contributed by atoms with Gasteiger partial charge in [0.1, 0.15) is 0 Å². The Morgan fingerprint density at radius 1 is 1.41 bits per heavy atom. The zero-order chi connectivity index (χ0) is 12.3. The molecule has 0 aromatic heterocycles. The van der Waals surface area contributed by atoms with Crippen LogP contribution in [0.4, 0.5) is 5.69 Å². The third-order valence-electron chi connectivity index (χ3n) is 2.96. The molecule has 0 aliphatic carbocycles. The first-order chi connectivity index (χ1) is 8.19. The SMILES string of the molecule is CCCC1CN=C(Nc2cc(C)ccc2C)S1. The van der Waals surface area contributed by atoms with Gasteiger partial charge < -0.3 is 5.32 Å². The number of nitrogens with one attached hydrogen (secondary N) is 1. The van der Waals surface area contributed by atoms with Crippen LogP contribution in [-0.4, -0.2) is 17.0 Å². The third kappa shape index (κ3) is 3.25. The van der Waals surface area contributed by atoms with Crippen LogP contribution in [0.3, 0.4) is 0 Å². The van der Waals surface area contributed by atoms with Crippen LogP contribution in [0, 0.1) is 13.8 Å². The van der Waals surface area contributed by atoms with Gasteiger partial charge in [0.2, 0.25) is 0 Å². The van der Waals surface area contributed by atoms with Gasteiger partial charge >= 0.3 is 0 Å². The number of aliphatic imine (C=N–C) groups is 1. The summed E-state index contributed by atoms with van der Waals surface area (Å²) in [5.74, 6) is 0. The second-order valence-corrected chi connectivity index (χ2v) is 5.91. The maximum absolute atomic E-state index is 4.57. The average molecular weight is 248 g/mol. The van der Waals surface area contributed by atoms with Gasteiger partial charge in [-0.05, 0) is 37.5 Å². The molecule has 1 atom stereocenters. The van der Waals surface area contributed by atoms with Crippen molar-refractivity contribution in [3.63, 3.8) is 0 Å². The molecule has 1 unspecified atom stereocenters. The summed E-state index contributed by atoms with van der Waals surface area (Å²) < 4.78 is 0. The Labute approximate surface area is 108 Å². The maximum atomic E-state index is 4.57. The van der Waals surface area contributed by atoms with Crippen molar-refractivity contribution < 1.29 is 0 Å². The van der Waals surface area contributed by atoms with Crippen molar-refractivity contribution >= 4 is 22.6 Å². The summed E-state index contributed by atoms with van der Waals surface area (Å²) in [4.78, 5) is 4.57. The van der Waals surface area contributed by atoms with Crippen molar-refractivity contribution in [2.75, 3.05) is 11.9 Å². The fourth-order valence-corrected chi connectivity index (χ4v) is 3.08. The average Bonchev–Trinajstić information content (AvgIpc) is 2.72. The van der Waals surface area contributed by atoms with Crippen LogP contribution in [-0.2, 0) is 0 Å². The lowest BCUT2D eigenvalue weighted by molar-refractivity contribution is 0.754. The number of amidine groups is 1. The largest absolute Gasteiger partial charge is 0.335 e. The molecule has 0 fully saturated rings. The Balaban J connectivity index is 2.00. The van der Waals surface area contributed by atoms with Crippen LogP contribution in [0.25, 0.3) is 0 Å². The number of thioether (sulfide) groups is 1. The van der Waals surface area contributed by atoms with Gasteiger partial charge in [0.15, 0.2) is 5.17 Å². The van der Waals surface area contributed by atoms with Crippen LogP contribution in [0.5, 0.6) is 0 Å². The molecule has 0 bridgehead atoms. The molecule has 1 N–H and O–H groups in total. The van der Waals surface area contributed by atoms with Crippen LogP contribution in [0.15, 0.2) is 23.2 Å². The molecule has 92 valence electrons. The lowest BCUT2D eigenvalue weighted by atomic mass is 10.1. The molecular formula is C14H20N2S. The van der Waals surface area contributed by atoms with Gasteiger partial charge in [0.05, 0.1) is 6.54 Å². The summed E-state index contributed by atoms with van der Waals surface area (Å²) >= 11 is 1.88. The molecule has 0 radical (unpaired) electrons. The lowest BCUT2D eigenvalue weighted by Crippen LogP contribution is -2.08. The van der Waals surface area contributed by atoms with Gasteiger partial charge in [0.25, 0.3) is 0 Å². The van der Waals surface area contributed by atoms with Crippen molar-refractivity contribution in [3.8, 4) is 0 Å². The summed E-state index contributed by atoms with van der Waals surface area (Å²) in [6.07, 6.45) is 2.50. The van der Waals surface area contributed by atoms with Gasteiger partial charge in [-0.2, -0.15) is 0 Å². The van der Waals surface area contributed by atoms with E-state index in [0.29, 0.717) is 5.25 Å². The monoisotopic (exact) mass is 248 g/mol. The Morgan fingerprint density at radius 3 is 3.00 bits per heavy atom. The Kier molecular flexibility index (Phi) is 4.11. The number of rotatable bonds is 3. The molecule has 0 spiro atoms. The van der Waals surface area contributed by atoms with Crippen LogP contribution in [0.2, 0.25) is 0 Å². The first-order valence-electron chi connectivity index (χ1n) is 6.24. The van der Waals surface area contributed by atoms with E-state index in [2.05, 4.69) is 49.3 Å². The summed E-state index contributed by atoms with van der Waals surface area (Å²) in [6, 6.07) is 6.48. The minimum absolute atomic E-state index is 0.674. The van der Waals surface area contributed by atoms with Crippen molar-refractivity contribution in [2.24, 2.45) is 4.99 Å². The normalized spacial score (nSPS) is 19.2. The zero-order valence-corrected chi connectivity index (χ0v) is 11.6.